The Morgan fingerprint density at radius 1 is 0.812 bits per heavy atom. The first-order chi connectivity index (χ1) is 7.81. The molecule has 78 valence electrons. The number of hydrogen-bond donors (Lipinski definition) is 0. The molecule has 0 nitrogen and oxygen atoms in total. The van der Waals surface area contributed by atoms with Crippen molar-refractivity contribution in [2.45, 2.75) is 0 Å². The lowest BCUT2D eigenvalue weighted by molar-refractivity contribution is 1.72. The Kier molecular flexibility index (Phi) is 2.19. The molecule has 0 amide bonds. The Labute approximate surface area is 97.0 Å². The van der Waals surface area contributed by atoms with Crippen LogP contribution < -0.4 is 10.6 Å². The summed E-state index contributed by atoms with van der Waals surface area (Å²) in [5, 5.41) is 2.98. The highest BCUT2D eigenvalue weighted by Gasteiger charge is 2.39. The molecule has 1 heterocycles. The van der Waals surface area contributed by atoms with Crippen molar-refractivity contribution in [1.29, 1.82) is 0 Å². The zero-order chi connectivity index (χ0) is 11.0. The second-order valence-electron chi connectivity index (χ2n) is 4.29. The van der Waals surface area contributed by atoms with Gasteiger partial charge in [-0.1, -0.05) is 36.4 Å². The van der Waals surface area contributed by atoms with E-state index in [9.17, 15) is 0 Å². The average molecular weight is 225 g/mol. The topological polar surface area (TPSA) is 0 Å². The molecule has 0 bridgehead atoms. The minimum atomic E-state index is -1.24. The van der Waals surface area contributed by atoms with E-state index in [2.05, 4.69) is 73.2 Å². The Morgan fingerprint density at radius 2 is 1.50 bits per heavy atom. The fraction of sp³-hybridized carbons (Fsp3) is 0.0667. The summed E-state index contributed by atoms with van der Waals surface area (Å²) in [5.74, 6) is 2.41. The van der Waals surface area contributed by atoms with Crippen LogP contribution in [0, 0.1) is 0 Å². The van der Waals surface area contributed by atoms with Gasteiger partial charge in [-0.25, -0.2) is 0 Å². The Bertz CT molecular complexity index is 542. The first-order valence-corrected chi connectivity index (χ1v) is 7.82. The third kappa shape index (κ3) is 1.34. The molecule has 0 spiro atoms. The molecular weight excluding hydrogens is 211 g/mol. The Hall–Kier alpha value is -1.39. The maximum Gasteiger partial charge on any atom is 0.111 e. The highest BCUT2D eigenvalue weighted by atomic mass is 31.2. The lowest BCUT2D eigenvalue weighted by Gasteiger charge is -2.15. The van der Waals surface area contributed by atoms with E-state index in [1.54, 1.807) is 0 Å². The van der Waals surface area contributed by atoms with Gasteiger partial charge in [0.05, 0.1) is 12.5 Å². The zero-order valence-electron chi connectivity index (χ0n) is 9.30. The molecule has 0 aliphatic carbocycles. The van der Waals surface area contributed by atoms with Crippen LogP contribution in [0.15, 0.2) is 60.4 Å². The van der Waals surface area contributed by atoms with Crippen molar-refractivity contribution >= 4 is 23.9 Å². The molecule has 1 aliphatic rings. The fourth-order valence-electron chi connectivity index (χ4n) is 2.32. The van der Waals surface area contributed by atoms with Gasteiger partial charge in [-0.2, -0.15) is 0 Å². The van der Waals surface area contributed by atoms with E-state index < -0.39 is 7.26 Å². The lowest BCUT2D eigenvalue weighted by atomic mass is 10.2. The monoisotopic (exact) mass is 225 g/mol. The molecule has 1 aliphatic heterocycles. The molecule has 0 aromatic heterocycles. The van der Waals surface area contributed by atoms with Crippen LogP contribution in [-0.4, -0.2) is 6.66 Å². The van der Waals surface area contributed by atoms with Gasteiger partial charge in [0.25, 0.3) is 0 Å². The minimum absolute atomic E-state index is 1.24. The van der Waals surface area contributed by atoms with E-state index in [1.165, 1.54) is 16.2 Å². The van der Waals surface area contributed by atoms with Gasteiger partial charge in [-0.3, -0.25) is 0 Å². The van der Waals surface area contributed by atoms with Gasteiger partial charge < -0.3 is 0 Å². The second kappa shape index (κ2) is 3.57. The minimum Gasteiger partial charge on any atom is -0.0620 e. The maximum atomic E-state index is 2.41. The molecule has 0 radical (unpaired) electrons. The largest absolute Gasteiger partial charge is 0.111 e. The maximum absolute atomic E-state index is 2.41. The van der Waals surface area contributed by atoms with Crippen LogP contribution in [0.4, 0.5) is 0 Å². The summed E-state index contributed by atoms with van der Waals surface area (Å²) in [6, 6.07) is 19.6. The fourth-order valence-corrected chi connectivity index (χ4v) is 5.27. The van der Waals surface area contributed by atoms with Gasteiger partial charge in [0, 0.05) is 5.56 Å². The molecule has 1 heteroatoms. The summed E-state index contributed by atoms with van der Waals surface area (Å²) in [6.45, 7) is 2.39. The third-order valence-electron chi connectivity index (χ3n) is 3.28. The molecule has 2 aromatic carbocycles. The van der Waals surface area contributed by atoms with Crippen LogP contribution in [0.3, 0.4) is 0 Å². The quantitative estimate of drug-likeness (QED) is 0.653. The second-order valence-corrected chi connectivity index (χ2v) is 7.73. The summed E-state index contributed by atoms with van der Waals surface area (Å²) in [7, 11) is -1.24. The molecule has 0 N–H and O–H groups in total. The average Bonchev–Trinajstić information content (AvgIpc) is 2.71. The highest BCUT2D eigenvalue weighted by Crippen LogP contribution is 2.58. The zero-order valence-corrected chi connectivity index (χ0v) is 10.2. The van der Waals surface area contributed by atoms with E-state index in [0.29, 0.717) is 0 Å². The summed E-state index contributed by atoms with van der Waals surface area (Å²) < 4.78 is 0. The van der Waals surface area contributed by atoms with E-state index in [0.717, 1.165) is 0 Å². The normalized spacial score (nSPS) is 22.1. The van der Waals surface area contributed by atoms with Crippen LogP contribution in [0.5, 0.6) is 0 Å². The van der Waals surface area contributed by atoms with Crippen molar-refractivity contribution in [2.24, 2.45) is 0 Å². The third-order valence-corrected chi connectivity index (χ3v) is 6.81. The number of hydrogen-bond acceptors (Lipinski definition) is 0. The molecule has 1 atom stereocenters. The Morgan fingerprint density at radius 3 is 2.31 bits per heavy atom. The van der Waals surface area contributed by atoms with Crippen molar-refractivity contribution < 1.29 is 0 Å². The van der Waals surface area contributed by atoms with E-state index in [4.69, 9.17) is 0 Å². The first kappa shape index (κ1) is 9.81. The summed E-state index contributed by atoms with van der Waals surface area (Å²) in [5.41, 5.74) is 1.39. The van der Waals surface area contributed by atoms with Gasteiger partial charge in [0.2, 0.25) is 0 Å². The summed E-state index contributed by atoms with van der Waals surface area (Å²) in [4.78, 5) is 0. The lowest BCUT2D eigenvalue weighted by Crippen LogP contribution is -2.18. The van der Waals surface area contributed by atoms with Crippen LogP contribution in [0.1, 0.15) is 5.56 Å². The van der Waals surface area contributed by atoms with E-state index in [-0.39, 0.29) is 0 Å². The predicted molar refractivity (Wildman–Crippen MR) is 74.0 cm³/mol. The molecule has 3 rings (SSSR count). The summed E-state index contributed by atoms with van der Waals surface area (Å²) >= 11 is 0. The summed E-state index contributed by atoms with van der Waals surface area (Å²) in [6.07, 6.45) is 2.27. The van der Waals surface area contributed by atoms with Gasteiger partial charge in [-0.05, 0) is 24.3 Å². The van der Waals surface area contributed by atoms with Crippen LogP contribution in [0.2, 0.25) is 0 Å². The van der Waals surface area contributed by atoms with Crippen LogP contribution >= 0.6 is 7.26 Å². The molecule has 0 saturated heterocycles. The van der Waals surface area contributed by atoms with Crippen molar-refractivity contribution in [1.82, 2.24) is 0 Å². The van der Waals surface area contributed by atoms with Crippen molar-refractivity contribution in [3.8, 4) is 0 Å². The van der Waals surface area contributed by atoms with Crippen LogP contribution in [0.25, 0.3) is 6.08 Å². The van der Waals surface area contributed by atoms with Gasteiger partial charge in [-0.15, -0.1) is 0 Å². The van der Waals surface area contributed by atoms with Crippen molar-refractivity contribution in [3.63, 3.8) is 0 Å². The van der Waals surface area contributed by atoms with Crippen LogP contribution in [-0.2, 0) is 0 Å². The molecule has 0 saturated carbocycles. The molecule has 1 unspecified atom stereocenters. The van der Waals surface area contributed by atoms with E-state index in [1.807, 2.05) is 0 Å². The van der Waals surface area contributed by atoms with Crippen molar-refractivity contribution in [2.75, 3.05) is 6.66 Å². The van der Waals surface area contributed by atoms with Crippen molar-refractivity contribution in [3.05, 3.63) is 66.0 Å². The van der Waals surface area contributed by atoms with Gasteiger partial charge in [0.15, 0.2) is 0 Å². The number of fused-ring (bicyclic) bond motifs is 1. The van der Waals surface area contributed by atoms with E-state index >= 15 is 0 Å². The predicted octanol–water partition coefficient (Wildman–Crippen LogP) is 3.27. The SMILES string of the molecule is C[P+]1(c2ccccc2)C=Cc2ccccc21. The smallest absolute Gasteiger partial charge is 0.0620 e. The first-order valence-electron chi connectivity index (χ1n) is 5.51. The molecule has 0 fully saturated rings. The Balaban J connectivity index is 2.19. The highest BCUT2D eigenvalue weighted by molar-refractivity contribution is 7.92. The number of benzene rings is 2. The van der Waals surface area contributed by atoms with Gasteiger partial charge >= 0.3 is 0 Å². The molecule has 16 heavy (non-hydrogen) atoms. The van der Waals surface area contributed by atoms with Gasteiger partial charge in [0.1, 0.15) is 17.9 Å². The molecule has 2 aromatic rings. The molecular formula is C15H14P+. The standard InChI is InChI=1S/C15H14P/c1-16(14-8-3-2-4-9-14)12-11-13-7-5-6-10-15(13)16/h2-12H,1H3/q+1. The number of rotatable bonds is 1.